The molecule has 6 nitrogen and oxygen atoms in total. The third-order valence-corrected chi connectivity index (χ3v) is 7.58. The first-order valence-electron chi connectivity index (χ1n) is 10.9. The first kappa shape index (κ1) is 19.5. The zero-order valence-corrected chi connectivity index (χ0v) is 16.6. The van der Waals surface area contributed by atoms with Crippen molar-refractivity contribution in [1.82, 2.24) is 10.2 Å². The Bertz CT molecular complexity index is 638. The van der Waals surface area contributed by atoms with Gasteiger partial charge in [-0.2, -0.15) is 0 Å². The number of carboxylic acid groups (broad SMARTS) is 1. The Labute approximate surface area is 166 Å². The molecule has 5 aliphatic rings. The van der Waals surface area contributed by atoms with Crippen LogP contribution in [0.3, 0.4) is 0 Å². The average molecular weight is 389 g/mol. The second-order valence-corrected chi connectivity index (χ2v) is 9.62. The lowest BCUT2D eigenvalue weighted by Gasteiger charge is -2.56. The number of likely N-dealkylation sites (tertiary alicyclic amines) is 1. The normalized spacial score (nSPS) is 36.9. The van der Waals surface area contributed by atoms with Crippen LogP contribution in [0.4, 0.5) is 0 Å². The van der Waals surface area contributed by atoms with Crippen LogP contribution in [0.1, 0.15) is 64.2 Å². The Morgan fingerprint density at radius 2 is 1.75 bits per heavy atom. The molecule has 0 aromatic carbocycles. The van der Waals surface area contributed by atoms with E-state index in [1.165, 1.54) is 19.3 Å². The van der Waals surface area contributed by atoms with Crippen LogP contribution in [-0.2, 0) is 14.4 Å². The van der Waals surface area contributed by atoms with E-state index in [1.54, 1.807) is 11.0 Å². The Hall–Kier alpha value is -1.85. The molecule has 4 bridgehead atoms. The summed E-state index contributed by atoms with van der Waals surface area (Å²) in [5.74, 6) is 0.863. The molecule has 6 heteroatoms. The maximum Gasteiger partial charge on any atom is 0.326 e. The molecule has 2 unspecified atom stereocenters. The van der Waals surface area contributed by atoms with E-state index in [4.69, 9.17) is 0 Å². The molecule has 2 N–H and O–H groups in total. The van der Waals surface area contributed by atoms with Gasteiger partial charge in [0.1, 0.15) is 12.1 Å². The Kier molecular flexibility index (Phi) is 5.23. The highest BCUT2D eigenvalue weighted by Gasteiger charge is 2.56. The number of hydrogen-bond donors (Lipinski definition) is 2. The number of nitrogens with zero attached hydrogens (tertiary/aromatic N) is 1. The number of hydrogen-bond acceptors (Lipinski definition) is 3. The fraction of sp³-hybridized carbons (Fsp3) is 0.773. The zero-order valence-electron chi connectivity index (χ0n) is 16.6. The molecule has 0 radical (unpaired) electrons. The first-order valence-corrected chi connectivity index (χ1v) is 10.9. The third kappa shape index (κ3) is 3.46. The molecular weight excluding hydrogens is 356 g/mol. The quantitative estimate of drug-likeness (QED) is 0.657. The largest absolute Gasteiger partial charge is 0.480 e. The molecule has 0 aromatic heterocycles. The number of carboxylic acids is 1. The predicted molar refractivity (Wildman–Crippen MR) is 104 cm³/mol. The van der Waals surface area contributed by atoms with Crippen LogP contribution in [0.15, 0.2) is 12.7 Å². The van der Waals surface area contributed by atoms with Gasteiger partial charge in [0, 0.05) is 6.54 Å². The van der Waals surface area contributed by atoms with Gasteiger partial charge in [-0.1, -0.05) is 6.08 Å². The van der Waals surface area contributed by atoms with Crippen molar-refractivity contribution in [2.24, 2.45) is 23.2 Å². The number of carbonyl (C=O) groups excluding carboxylic acids is 2. The molecule has 0 spiro atoms. The van der Waals surface area contributed by atoms with Crippen molar-refractivity contribution in [3.8, 4) is 0 Å². The Morgan fingerprint density at radius 1 is 1.14 bits per heavy atom. The molecule has 1 saturated heterocycles. The van der Waals surface area contributed by atoms with E-state index < -0.39 is 18.1 Å². The Morgan fingerprint density at radius 3 is 2.29 bits per heavy atom. The number of amides is 2. The van der Waals surface area contributed by atoms with Gasteiger partial charge in [0.05, 0.1) is 5.41 Å². The van der Waals surface area contributed by atoms with Crippen LogP contribution in [-0.4, -0.2) is 46.4 Å². The van der Waals surface area contributed by atoms with E-state index in [2.05, 4.69) is 11.9 Å². The average Bonchev–Trinajstić information content (AvgIpc) is 3.12. The van der Waals surface area contributed by atoms with Crippen LogP contribution < -0.4 is 5.32 Å². The highest BCUT2D eigenvalue weighted by atomic mass is 16.4. The summed E-state index contributed by atoms with van der Waals surface area (Å²) in [7, 11) is 0. The van der Waals surface area contributed by atoms with Gasteiger partial charge in [0.15, 0.2) is 0 Å². The predicted octanol–water partition coefficient (Wildman–Crippen LogP) is 2.73. The van der Waals surface area contributed by atoms with Crippen LogP contribution in [0.5, 0.6) is 0 Å². The number of rotatable bonds is 7. The minimum atomic E-state index is -1.04. The minimum absolute atomic E-state index is 0.169. The highest BCUT2D eigenvalue weighted by Crippen LogP contribution is 2.60. The third-order valence-electron chi connectivity index (χ3n) is 7.58. The number of carbonyl (C=O) groups is 3. The number of aliphatic carboxylic acids is 1. The van der Waals surface area contributed by atoms with Gasteiger partial charge in [-0.05, 0) is 82.0 Å². The van der Waals surface area contributed by atoms with E-state index in [0.29, 0.717) is 43.6 Å². The molecule has 2 amide bonds. The van der Waals surface area contributed by atoms with Gasteiger partial charge in [0.25, 0.3) is 0 Å². The maximum atomic E-state index is 13.6. The summed E-state index contributed by atoms with van der Waals surface area (Å²) in [6.45, 7) is 4.23. The molecule has 1 aliphatic heterocycles. The molecule has 4 aliphatic carbocycles. The van der Waals surface area contributed by atoms with E-state index in [1.807, 2.05) is 0 Å². The molecule has 5 fully saturated rings. The summed E-state index contributed by atoms with van der Waals surface area (Å²) < 4.78 is 0. The van der Waals surface area contributed by atoms with Crippen LogP contribution in [0, 0.1) is 23.2 Å². The van der Waals surface area contributed by atoms with Crippen LogP contribution in [0.25, 0.3) is 0 Å². The van der Waals surface area contributed by atoms with E-state index in [9.17, 15) is 19.5 Å². The van der Waals surface area contributed by atoms with Crippen molar-refractivity contribution in [3.63, 3.8) is 0 Å². The van der Waals surface area contributed by atoms with Crippen molar-refractivity contribution in [1.29, 1.82) is 0 Å². The first-order chi connectivity index (χ1) is 13.4. The van der Waals surface area contributed by atoms with Gasteiger partial charge >= 0.3 is 5.97 Å². The molecule has 4 saturated carbocycles. The minimum Gasteiger partial charge on any atom is -0.480 e. The lowest BCUT2D eigenvalue weighted by Crippen LogP contribution is -2.58. The maximum absolute atomic E-state index is 13.6. The standard InChI is InChI=1S/C22H32N2O4/c1-2-3-5-17(20(26)27)23-19(25)18-6-4-7-24(18)21(28)22-11-14-8-15(12-22)10-16(9-14)13-22/h2,14-18H,1,3-13H2,(H,23,25)(H,26,27). The van der Waals surface area contributed by atoms with Gasteiger partial charge in [0.2, 0.25) is 11.8 Å². The smallest absolute Gasteiger partial charge is 0.326 e. The molecule has 1 heterocycles. The van der Waals surface area contributed by atoms with Crippen molar-refractivity contribution >= 4 is 17.8 Å². The monoisotopic (exact) mass is 388 g/mol. The number of allylic oxidation sites excluding steroid dienone is 1. The lowest BCUT2D eigenvalue weighted by molar-refractivity contribution is -0.160. The second-order valence-electron chi connectivity index (χ2n) is 9.62. The van der Waals surface area contributed by atoms with E-state index >= 15 is 0 Å². The highest BCUT2D eigenvalue weighted by molar-refractivity contribution is 5.92. The van der Waals surface area contributed by atoms with E-state index in [-0.39, 0.29) is 17.2 Å². The second kappa shape index (κ2) is 7.53. The fourth-order valence-electron chi connectivity index (χ4n) is 6.77. The summed E-state index contributed by atoms with van der Waals surface area (Å²) in [5.41, 5.74) is -0.257. The molecular formula is C22H32N2O4. The lowest BCUT2D eigenvalue weighted by atomic mass is 9.49. The van der Waals surface area contributed by atoms with Crippen molar-refractivity contribution in [2.45, 2.75) is 76.3 Å². The molecule has 28 heavy (non-hydrogen) atoms. The summed E-state index contributed by atoms with van der Waals surface area (Å²) in [6, 6.07) is -1.45. The van der Waals surface area contributed by atoms with Crippen LogP contribution >= 0.6 is 0 Å². The molecule has 2 atom stereocenters. The molecule has 154 valence electrons. The van der Waals surface area contributed by atoms with Gasteiger partial charge in [-0.25, -0.2) is 4.79 Å². The van der Waals surface area contributed by atoms with Gasteiger partial charge in [-0.3, -0.25) is 9.59 Å². The van der Waals surface area contributed by atoms with E-state index in [0.717, 1.165) is 25.7 Å². The summed E-state index contributed by atoms with van der Waals surface area (Å²) in [6.07, 6.45) is 10.7. The van der Waals surface area contributed by atoms with Crippen molar-refractivity contribution < 1.29 is 19.5 Å². The van der Waals surface area contributed by atoms with Crippen molar-refractivity contribution in [3.05, 3.63) is 12.7 Å². The van der Waals surface area contributed by atoms with Crippen molar-refractivity contribution in [2.75, 3.05) is 6.54 Å². The Balaban J connectivity index is 1.46. The molecule has 5 rings (SSSR count). The number of nitrogens with one attached hydrogen (secondary N) is 1. The summed E-state index contributed by atoms with van der Waals surface area (Å²) in [4.78, 5) is 39.8. The van der Waals surface area contributed by atoms with Gasteiger partial charge < -0.3 is 15.3 Å². The topological polar surface area (TPSA) is 86.7 Å². The van der Waals surface area contributed by atoms with Crippen LogP contribution in [0.2, 0.25) is 0 Å². The zero-order chi connectivity index (χ0) is 19.9. The SMILES string of the molecule is C=CCCC(NC(=O)C1CCCN1C(=O)C12CC3CC(CC(C3)C1)C2)C(=O)O. The summed E-state index contributed by atoms with van der Waals surface area (Å²) >= 11 is 0. The fourth-order valence-corrected chi connectivity index (χ4v) is 6.77. The summed E-state index contributed by atoms with van der Waals surface area (Å²) in [5, 5.41) is 12.1. The molecule has 0 aromatic rings. The van der Waals surface area contributed by atoms with Gasteiger partial charge in [-0.15, -0.1) is 6.58 Å².